The maximum atomic E-state index is 12.1. The maximum absolute atomic E-state index is 12.1. The Bertz CT molecular complexity index is 848. The number of amides is 2. The van der Waals surface area contributed by atoms with Gasteiger partial charge in [0.15, 0.2) is 0 Å². The third kappa shape index (κ3) is 3.74. The van der Waals surface area contributed by atoms with E-state index in [0.717, 1.165) is 18.4 Å². The van der Waals surface area contributed by atoms with Gasteiger partial charge in [-0.05, 0) is 41.7 Å². The fraction of sp³-hybridized carbons (Fsp3) is 0.235. The fourth-order valence-corrected chi connectivity index (χ4v) is 3.41. The lowest BCUT2D eigenvalue weighted by Gasteiger charge is -2.15. The Morgan fingerprint density at radius 1 is 1.12 bits per heavy atom. The van der Waals surface area contributed by atoms with Gasteiger partial charge in [0, 0.05) is 6.54 Å². The maximum Gasteiger partial charge on any atom is 0.315 e. The van der Waals surface area contributed by atoms with E-state index in [2.05, 4.69) is 16.7 Å². The van der Waals surface area contributed by atoms with Crippen molar-refractivity contribution in [2.75, 3.05) is 0 Å². The first-order chi connectivity index (χ1) is 11.4. The second-order valence-corrected chi connectivity index (χ2v) is 7.37. The van der Waals surface area contributed by atoms with Gasteiger partial charge in [-0.25, -0.2) is 18.4 Å². The molecule has 0 saturated carbocycles. The highest BCUT2D eigenvalue weighted by Gasteiger charge is 2.23. The molecule has 0 unspecified atom stereocenters. The van der Waals surface area contributed by atoms with Gasteiger partial charge in [-0.3, -0.25) is 0 Å². The van der Waals surface area contributed by atoms with Gasteiger partial charge in [-0.1, -0.05) is 36.4 Å². The summed E-state index contributed by atoms with van der Waals surface area (Å²) in [6.45, 7) is 0.311. The predicted molar refractivity (Wildman–Crippen MR) is 90.7 cm³/mol. The Morgan fingerprint density at radius 3 is 2.54 bits per heavy atom. The molecule has 2 aromatic rings. The van der Waals surface area contributed by atoms with Crippen LogP contribution < -0.4 is 15.8 Å². The van der Waals surface area contributed by atoms with Crippen molar-refractivity contribution >= 4 is 16.1 Å². The standard InChI is InChI=1S/C17H19N3O3S/c18-24(22,23)14-8-5-12(6-9-14)11-19-17(21)20-16-10-7-13-3-1-2-4-15(13)16/h1-6,8-9,16H,7,10-11H2,(H2,18,22,23)(H2,19,20,21)/t16-/m0/s1. The van der Waals surface area contributed by atoms with E-state index in [4.69, 9.17) is 5.14 Å². The third-order valence-corrected chi connectivity index (χ3v) is 5.07. The molecule has 1 aliphatic carbocycles. The highest BCUT2D eigenvalue weighted by molar-refractivity contribution is 7.89. The summed E-state index contributed by atoms with van der Waals surface area (Å²) in [6.07, 6.45) is 1.87. The number of urea groups is 1. The summed E-state index contributed by atoms with van der Waals surface area (Å²) in [4.78, 5) is 12.1. The summed E-state index contributed by atoms with van der Waals surface area (Å²) in [7, 11) is -3.69. The largest absolute Gasteiger partial charge is 0.334 e. The van der Waals surface area contributed by atoms with Crippen LogP contribution in [0.4, 0.5) is 4.79 Å². The van der Waals surface area contributed by atoms with Crippen LogP contribution in [0.3, 0.4) is 0 Å². The highest BCUT2D eigenvalue weighted by atomic mass is 32.2. The van der Waals surface area contributed by atoms with Crippen LogP contribution in [-0.2, 0) is 23.0 Å². The molecule has 3 rings (SSSR count). The molecule has 0 heterocycles. The number of fused-ring (bicyclic) bond motifs is 1. The Kier molecular flexibility index (Phi) is 4.55. The molecule has 0 saturated heterocycles. The van der Waals surface area contributed by atoms with Gasteiger partial charge in [0.25, 0.3) is 0 Å². The van der Waals surface area contributed by atoms with Crippen LogP contribution in [0.5, 0.6) is 0 Å². The first-order valence-corrected chi connectivity index (χ1v) is 9.22. The molecule has 0 spiro atoms. The van der Waals surface area contributed by atoms with Crippen LogP contribution in [0, 0.1) is 0 Å². The van der Waals surface area contributed by atoms with Crippen molar-refractivity contribution in [3.63, 3.8) is 0 Å². The van der Waals surface area contributed by atoms with Crippen molar-refractivity contribution in [1.82, 2.24) is 10.6 Å². The lowest BCUT2D eigenvalue weighted by Crippen LogP contribution is -2.36. The Hall–Kier alpha value is -2.38. The Labute approximate surface area is 141 Å². The molecule has 1 aliphatic rings. The number of primary sulfonamides is 1. The second-order valence-electron chi connectivity index (χ2n) is 5.81. The minimum atomic E-state index is -3.69. The van der Waals surface area contributed by atoms with E-state index in [9.17, 15) is 13.2 Å². The summed E-state index contributed by atoms with van der Waals surface area (Å²) in [5.41, 5.74) is 3.25. The van der Waals surface area contributed by atoms with E-state index < -0.39 is 10.0 Å². The lowest BCUT2D eigenvalue weighted by molar-refractivity contribution is 0.236. The normalized spacial score (nSPS) is 16.5. The zero-order valence-electron chi connectivity index (χ0n) is 13.0. The Morgan fingerprint density at radius 2 is 1.83 bits per heavy atom. The average molecular weight is 345 g/mol. The van der Waals surface area contributed by atoms with Crippen LogP contribution in [0.1, 0.15) is 29.2 Å². The molecule has 2 amide bonds. The van der Waals surface area contributed by atoms with Gasteiger partial charge < -0.3 is 10.6 Å². The molecule has 0 aliphatic heterocycles. The molecular formula is C17H19N3O3S. The van der Waals surface area contributed by atoms with E-state index in [-0.39, 0.29) is 17.0 Å². The number of carbonyl (C=O) groups excluding carboxylic acids is 1. The van der Waals surface area contributed by atoms with Crippen molar-refractivity contribution in [2.24, 2.45) is 5.14 Å². The van der Waals surface area contributed by atoms with Crippen molar-refractivity contribution < 1.29 is 13.2 Å². The van der Waals surface area contributed by atoms with Crippen LogP contribution >= 0.6 is 0 Å². The zero-order chi connectivity index (χ0) is 17.2. The highest BCUT2D eigenvalue weighted by Crippen LogP contribution is 2.30. The molecular weight excluding hydrogens is 326 g/mol. The van der Waals surface area contributed by atoms with Gasteiger partial charge in [0.1, 0.15) is 0 Å². The summed E-state index contributed by atoms with van der Waals surface area (Å²) in [5, 5.41) is 10.8. The minimum Gasteiger partial charge on any atom is -0.334 e. The van der Waals surface area contributed by atoms with Crippen molar-refractivity contribution in [1.29, 1.82) is 0 Å². The molecule has 0 bridgehead atoms. The van der Waals surface area contributed by atoms with Crippen molar-refractivity contribution in [3.8, 4) is 0 Å². The summed E-state index contributed by atoms with van der Waals surface area (Å²) < 4.78 is 22.4. The SMILES string of the molecule is NS(=O)(=O)c1ccc(CNC(=O)N[C@H]2CCc3ccccc32)cc1. The number of benzene rings is 2. The van der Waals surface area contributed by atoms with Crippen LogP contribution in [0.25, 0.3) is 0 Å². The van der Waals surface area contributed by atoms with E-state index in [1.807, 2.05) is 18.2 Å². The number of nitrogens with two attached hydrogens (primary N) is 1. The number of hydrogen-bond donors (Lipinski definition) is 3. The molecule has 126 valence electrons. The zero-order valence-corrected chi connectivity index (χ0v) is 13.8. The van der Waals surface area contributed by atoms with Crippen LogP contribution in [0.15, 0.2) is 53.4 Å². The Balaban J connectivity index is 1.55. The van der Waals surface area contributed by atoms with Gasteiger partial charge in [-0.2, -0.15) is 0 Å². The van der Waals surface area contributed by atoms with Gasteiger partial charge in [0.2, 0.25) is 10.0 Å². The molecule has 0 aromatic heterocycles. The minimum absolute atomic E-state index is 0.0333. The van der Waals surface area contributed by atoms with Gasteiger partial charge >= 0.3 is 6.03 Å². The molecule has 1 atom stereocenters. The first kappa shape index (κ1) is 16.5. The average Bonchev–Trinajstić information content (AvgIpc) is 2.96. The van der Waals surface area contributed by atoms with E-state index in [1.54, 1.807) is 12.1 Å². The molecule has 0 fully saturated rings. The van der Waals surface area contributed by atoms with Gasteiger partial charge in [-0.15, -0.1) is 0 Å². The molecule has 7 heteroatoms. The van der Waals surface area contributed by atoms with Crippen molar-refractivity contribution in [2.45, 2.75) is 30.3 Å². The van der Waals surface area contributed by atoms with Crippen molar-refractivity contribution in [3.05, 3.63) is 65.2 Å². The summed E-state index contributed by atoms with van der Waals surface area (Å²) in [6, 6.07) is 14.0. The number of rotatable bonds is 4. The number of aryl methyl sites for hydroxylation is 1. The molecule has 24 heavy (non-hydrogen) atoms. The number of sulfonamides is 1. The van der Waals surface area contributed by atoms with Crippen LogP contribution in [-0.4, -0.2) is 14.4 Å². The first-order valence-electron chi connectivity index (χ1n) is 7.67. The molecule has 4 N–H and O–H groups in total. The molecule has 0 radical (unpaired) electrons. The predicted octanol–water partition coefficient (Wildman–Crippen LogP) is 1.82. The quantitative estimate of drug-likeness (QED) is 0.788. The molecule has 2 aromatic carbocycles. The monoisotopic (exact) mass is 345 g/mol. The third-order valence-electron chi connectivity index (χ3n) is 4.14. The van der Waals surface area contributed by atoms with E-state index in [0.29, 0.717) is 6.54 Å². The van der Waals surface area contributed by atoms with Crippen LogP contribution in [0.2, 0.25) is 0 Å². The summed E-state index contributed by atoms with van der Waals surface area (Å²) >= 11 is 0. The van der Waals surface area contributed by atoms with E-state index >= 15 is 0 Å². The topological polar surface area (TPSA) is 101 Å². The number of nitrogens with one attached hydrogen (secondary N) is 2. The fourth-order valence-electron chi connectivity index (χ4n) is 2.90. The lowest BCUT2D eigenvalue weighted by atomic mass is 10.1. The summed E-state index contributed by atoms with van der Waals surface area (Å²) in [5.74, 6) is 0. The molecule has 6 nitrogen and oxygen atoms in total. The van der Waals surface area contributed by atoms with Gasteiger partial charge in [0.05, 0.1) is 10.9 Å². The number of carbonyl (C=O) groups is 1. The second kappa shape index (κ2) is 6.62. The van der Waals surface area contributed by atoms with E-state index in [1.165, 1.54) is 23.3 Å². The number of hydrogen-bond acceptors (Lipinski definition) is 3. The smallest absolute Gasteiger partial charge is 0.315 e.